The number of aryl methyl sites for hydroxylation is 3. The lowest BCUT2D eigenvalue weighted by molar-refractivity contribution is 0.0624. The first-order valence-corrected chi connectivity index (χ1v) is 9.53. The van der Waals surface area contributed by atoms with Crippen LogP contribution in [0.3, 0.4) is 0 Å². The van der Waals surface area contributed by atoms with Gasteiger partial charge >= 0.3 is 0 Å². The first kappa shape index (κ1) is 19.4. The third kappa shape index (κ3) is 3.98. The Morgan fingerprint density at radius 2 is 1.59 bits per heavy atom. The lowest BCUT2D eigenvalue weighted by atomic mass is 10.1. The lowest BCUT2D eigenvalue weighted by Gasteiger charge is -2.34. The normalized spacial score (nSPS) is 15.2. The van der Waals surface area contributed by atoms with Crippen molar-refractivity contribution in [2.24, 2.45) is 7.05 Å². The standard InChI is InChI=1S/C22H29N3O2/c1-15-6-7-19(12-16(15)2)22(27)25-10-8-24(9-11-25)14-21(26)20-13-17(3)23(5)18(20)4/h6-7,12-13H,8-11,14H2,1-5H3. The fraction of sp³-hybridized carbons (Fsp3) is 0.455. The molecule has 5 nitrogen and oxygen atoms in total. The van der Waals surface area contributed by atoms with Gasteiger partial charge in [0.15, 0.2) is 5.78 Å². The van der Waals surface area contributed by atoms with Gasteiger partial charge in [-0.25, -0.2) is 0 Å². The Morgan fingerprint density at radius 3 is 2.15 bits per heavy atom. The predicted octanol–water partition coefficient (Wildman–Crippen LogP) is 2.90. The molecular weight excluding hydrogens is 338 g/mol. The van der Waals surface area contributed by atoms with E-state index in [-0.39, 0.29) is 11.7 Å². The van der Waals surface area contributed by atoms with Crippen molar-refractivity contribution in [2.45, 2.75) is 27.7 Å². The number of ketones is 1. The molecule has 0 saturated carbocycles. The minimum Gasteiger partial charge on any atom is -0.351 e. The number of hydrogen-bond donors (Lipinski definition) is 0. The van der Waals surface area contributed by atoms with Crippen molar-refractivity contribution >= 4 is 11.7 Å². The van der Waals surface area contributed by atoms with Gasteiger partial charge in [-0.05, 0) is 57.0 Å². The Kier molecular flexibility index (Phi) is 5.51. The van der Waals surface area contributed by atoms with E-state index in [9.17, 15) is 9.59 Å². The molecule has 0 bridgehead atoms. The Morgan fingerprint density at radius 1 is 0.926 bits per heavy atom. The number of aromatic nitrogens is 1. The summed E-state index contributed by atoms with van der Waals surface area (Å²) in [6, 6.07) is 7.84. The molecule has 0 N–H and O–H groups in total. The van der Waals surface area contributed by atoms with E-state index >= 15 is 0 Å². The molecule has 0 aliphatic carbocycles. The van der Waals surface area contributed by atoms with Crippen LogP contribution in [0.2, 0.25) is 0 Å². The highest BCUT2D eigenvalue weighted by atomic mass is 16.2. The van der Waals surface area contributed by atoms with E-state index in [0.29, 0.717) is 19.6 Å². The van der Waals surface area contributed by atoms with Gasteiger partial charge < -0.3 is 9.47 Å². The number of amides is 1. The molecule has 1 aromatic carbocycles. The molecule has 0 spiro atoms. The molecule has 3 rings (SSSR count). The third-order valence-electron chi connectivity index (χ3n) is 5.86. The summed E-state index contributed by atoms with van der Waals surface area (Å²) in [5.41, 5.74) is 6.00. The fourth-order valence-electron chi connectivity index (χ4n) is 3.59. The summed E-state index contributed by atoms with van der Waals surface area (Å²) in [7, 11) is 1.98. The average molecular weight is 367 g/mol. The highest BCUT2D eigenvalue weighted by Gasteiger charge is 2.24. The van der Waals surface area contributed by atoms with Crippen LogP contribution in [0.1, 0.15) is 43.2 Å². The van der Waals surface area contributed by atoms with Crippen molar-refractivity contribution in [2.75, 3.05) is 32.7 Å². The van der Waals surface area contributed by atoms with Crippen molar-refractivity contribution in [1.82, 2.24) is 14.4 Å². The Balaban J connectivity index is 1.58. The minimum absolute atomic E-state index is 0.0820. The van der Waals surface area contributed by atoms with Crippen molar-refractivity contribution in [3.63, 3.8) is 0 Å². The van der Waals surface area contributed by atoms with Crippen LogP contribution >= 0.6 is 0 Å². The number of carbonyl (C=O) groups is 2. The third-order valence-corrected chi connectivity index (χ3v) is 5.86. The molecule has 2 heterocycles. The summed E-state index contributed by atoms with van der Waals surface area (Å²) in [6.07, 6.45) is 0. The topological polar surface area (TPSA) is 45.6 Å². The summed E-state index contributed by atoms with van der Waals surface area (Å²) in [5.74, 6) is 0.240. The minimum atomic E-state index is 0.0820. The van der Waals surface area contributed by atoms with Crippen molar-refractivity contribution in [3.05, 3.63) is 57.9 Å². The Bertz CT molecular complexity index is 874. The second-order valence-electron chi connectivity index (χ2n) is 7.63. The maximum absolute atomic E-state index is 12.7. The van der Waals surface area contributed by atoms with Crippen LogP contribution < -0.4 is 0 Å². The van der Waals surface area contributed by atoms with Gasteiger partial charge in [0.05, 0.1) is 6.54 Å². The van der Waals surface area contributed by atoms with Crippen LogP contribution in [0, 0.1) is 27.7 Å². The monoisotopic (exact) mass is 367 g/mol. The van der Waals surface area contributed by atoms with Crippen molar-refractivity contribution in [3.8, 4) is 0 Å². The molecule has 0 radical (unpaired) electrons. The van der Waals surface area contributed by atoms with Crippen LogP contribution in [-0.4, -0.2) is 58.8 Å². The van der Waals surface area contributed by atoms with Gasteiger partial charge in [0.2, 0.25) is 0 Å². The van der Waals surface area contributed by atoms with Crippen molar-refractivity contribution < 1.29 is 9.59 Å². The molecule has 1 aromatic heterocycles. The van der Waals surface area contributed by atoms with Gasteiger partial charge in [0, 0.05) is 55.7 Å². The van der Waals surface area contributed by atoms with Gasteiger partial charge in [-0.3, -0.25) is 14.5 Å². The maximum atomic E-state index is 12.7. The van der Waals surface area contributed by atoms with Crippen LogP contribution in [0.5, 0.6) is 0 Å². The number of rotatable bonds is 4. The number of hydrogen-bond acceptors (Lipinski definition) is 3. The molecule has 0 unspecified atom stereocenters. The largest absolute Gasteiger partial charge is 0.351 e. The van der Waals surface area contributed by atoms with Crippen LogP contribution in [0.15, 0.2) is 24.3 Å². The number of nitrogens with zero attached hydrogens (tertiary/aromatic N) is 3. The van der Waals surface area contributed by atoms with E-state index in [0.717, 1.165) is 41.2 Å². The van der Waals surface area contributed by atoms with Gasteiger partial charge in [-0.1, -0.05) is 6.07 Å². The zero-order chi connectivity index (χ0) is 19.7. The van der Waals surface area contributed by atoms with Crippen LogP contribution in [0.4, 0.5) is 0 Å². The molecule has 5 heteroatoms. The molecular formula is C22H29N3O2. The molecule has 1 aliphatic heterocycles. The van der Waals surface area contributed by atoms with Crippen molar-refractivity contribution in [1.29, 1.82) is 0 Å². The van der Waals surface area contributed by atoms with E-state index in [2.05, 4.69) is 11.8 Å². The Labute approximate surface area is 161 Å². The zero-order valence-electron chi connectivity index (χ0n) is 17.0. The smallest absolute Gasteiger partial charge is 0.253 e. The van der Waals surface area contributed by atoms with Crippen LogP contribution in [0.25, 0.3) is 0 Å². The second kappa shape index (κ2) is 7.69. The highest BCUT2D eigenvalue weighted by Crippen LogP contribution is 2.16. The lowest BCUT2D eigenvalue weighted by Crippen LogP contribution is -2.49. The second-order valence-corrected chi connectivity index (χ2v) is 7.63. The Hall–Kier alpha value is -2.40. The van der Waals surface area contributed by atoms with E-state index in [1.807, 2.05) is 61.6 Å². The van der Waals surface area contributed by atoms with E-state index in [1.165, 1.54) is 5.56 Å². The summed E-state index contributed by atoms with van der Waals surface area (Å²) in [6.45, 7) is 11.3. The summed E-state index contributed by atoms with van der Waals surface area (Å²) < 4.78 is 2.05. The van der Waals surface area contributed by atoms with E-state index < -0.39 is 0 Å². The van der Waals surface area contributed by atoms with Gasteiger partial charge in [0.25, 0.3) is 5.91 Å². The average Bonchev–Trinajstić information content (AvgIpc) is 2.91. The molecule has 1 amide bonds. The number of Topliss-reactive ketones (excluding diaryl/α,β-unsaturated/α-hetero) is 1. The van der Waals surface area contributed by atoms with Gasteiger partial charge in [0.1, 0.15) is 0 Å². The summed E-state index contributed by atoms with van der Waals surface area (Å²) >= 11 is 0. The predicted molar refractivity (Wildman–Crippen MR) is 107 cm³/mol. The molecule has 2 aromatic rings. The van der Waals surface area contributed by atoms with E-state index in [1.54, 1.807) is 0 Å². The molecule has 1 saturated heterocycles. The molecule has 0 atom stereocenters. The summed E-state index contributed by atoms with van der Waals surface area (Å²) in [5, 5.41) is 0. The molecule has 27 heavy (non-hydrogen) atoms. The first-order valence-electron chi connectivity index (χ1n) is 9.53. The van der Waals surface area contributed by atoms with Crippen LogP contribution in [-0.2, 0) is 7.05 Å². The van der Waals surface area contributed by atoms with Gasteiger partial charge in [-0.2, -0.15) is 0 Å². The van der Waals surface area contributed by atoms with E-state index in [4.69, 9.17) is 0 Å². The quantitative estimate of drug-likeness (QED) is 0.781. The SMILES string of the molecule is Cc1ccc(C(=O)N2CCN(CC(=O)c3cc(C)n(C)c3C)CC2)cc1C. The maximum Gasteiger partial charge on any atom is 0.253 e. The molecule has 144 valence electrons. The first-order chi connectivity index (χ1) is 12.8. The zero-order valence-corrected chi connectivity index (χ0v) is 17.0. The molecule has 1 aliphatic rings. The number of piperazine rings is 1. The summed E-state index contributed by atoms with van der Waals surface area (Å²) in [4.78, 5) is 29.4. The number of benzene rings is 1. The molecule has 1 fully saturated rings. The highest BCUT2D eigenvalue weighted by molar-refractivity contribution is 5.99. The van der Waals surface area contributed by atoms with Gasteiger partial charge in [-0.15, -0.1) is 0 Å². The fourth-order valence-corrected chi connectivity index (χ4v) is 3.59. The number of carbonyl (C=O) groups excluding carboxylic acids is 2.